The van der Waals surface area contributed by atoms with E-state index in [-0.39, 0.29) is 0 Å². The first-order valence-electron chi connectivity index (χ1n) is 9.22. The molecule has 0 aliphatic carbocycles. The Morgan fingerprint density at radius 3 is 1.63 bits per heavy atom. The van der Waals surface area contributed by atoms with Crippen LogP contribution in [0, 0.1) is 0 Å². The number of rotatable bonds is 3. The Bertz CT molecular complexity index is 1190. The third-order valence-electron chi connectivity index (χ3n) is 5.03. The van der Waals surface area contributed by atoms with Crippen LogP contribution in [-0.4, -0.2) is 4.40 Å². The number of hydrogen-bond donors (Lipinski definition) is 0. The Morgan fingerprint density at radius 2 is 1.00 bits per heavy atom. The van der Waals surface area contributed by atoms with Crippen molar-refractivity contribution in [3.63, 3.8) is 0 Å². The Labute approximate surface area is 159 Å². The van der Waals surface area contributed by atoms with Crippen molar-refractivity contribution in [3.05, 3.63) is 115 Å². The summed E-state index contributed by atoms with van der Waals surface area (Å²) in [5.74, 6) is 0. The van der Waals surface area contributed by atoms with Crippen molar-refractivity contribution < 1.29 is 0 Å². The first-order valence-corrected chi connectivity index (χ1v) is 9.22. The Kier molecular flexibility index (Phi) is 3.84. The predicted molar refractivity (Wildman–Crippen MR) is 114 cm³/mol. The topological polar surface area (TPSA) is 4.41 Å². The molecule has 0 saturated heterocycles. The third kappa shape index (κ3) is 2.74. The second-order valence-electron chi connectivity index (χ2n) is 6.68. The van der Waals surface area contributed by atoms with Gasteiger partial charge in [0.1, 0.15) is 0 Å². The molecule has 2 aromatic heterocycles. The number of nitrogens with zero attached hydrogens (tertiary/aromatic N) is 1. The summed E-state index contributed by atoms with van der Waals surface area (Å²) in [6.45, 7) is 0. The number of benzene rings is 3. The highest BCUT2D eigenvalue weighted by Gasteiger charge is 2.16. The van der Waals surface area contributed by atoms with E-state index < -0.39 is 0 Å². The quantitative estimate of drug-likeness (QED) is 0.333. The van der Waals surface area contributed by atoms with Gasteiger partial charge in [-0.3, -0.25) is 0 Å². The largest absolute Gasteiger partial charge is 0.315 e. The molecule has 0 saturated carbocycles. The van der Waals surface area contributed by atoms with Crippen LogP contribution in [-0.2, 0) is 0 Å². The van der Waals surface area contributed by atoms with Crippen molar-refractivity contribution in [3.8, 4) is 33.5 Å². The van der Waals surface area contributed by atoms with Gasteiger partial charge in [0, 0.05) is 17.3 Å². The number of aromatic nitrogens is 1. The van der Waals surface area contributed by atoms with Crippen LogP contribution in [0.1, 0.15) is 0 Å². The van der Waals surface area contributed by atoms with Gasteiger partial charge in [0.2, 0.25) is 0 Å². The fourth-order valence-corrected chi connectivity index (χ4v) is 3.78. The van der Waals surface area contributed by atoms with Crippen molar-refractivity contribution in [2.24, 2.45) is 0 Å². The molecule has 5 aromatic rings. The van der Waals surface area contributed by atoms with Crippen LogP contribution in [0.4, 0.5) is 0 Å². The normalized spacial score (nSPS) is 11.0. The van der Waals surface area contributed by atoms with E-state index in [2.05, 4.69) is 120 Å². The van der Waals surface area contributed by atoms with Gasteiger partial charge in [-0.25, -0.2) is 0 Å². The van der Waals surface area contributed by atoms with Crippen molar-refractivity contribution in [2.45, 2.75) is 0 Å². The zero-order valence-electron chi connectivity index (χ0n) is 14.9. The van der Waals surface area contributed by atoms with Crippen LogP contribution in [0.5, 0.6) is 0 Å². The van der Waals surface area contributed by atoms with Gasteiger partial charge in [0.15, 0.2) is 0 Å². The average Bonchev–Trinajstić information content (AvgIpc) is 3.15. The van der Waals surface area contributed by atoms with E-state index in [9.17, 15) is 0 Å². The second-order valence-corrected chi connectivity index (χ2v) is 6.68. The molecule has 0 spiro atoms. The fourth-order valence-electron chi connectivity index (χ4n) is 3.78. The van der Waals surface area contributed by atoms with Crippen molar-refractivity contribution in [1.29, 1.82) is 0 Å². The van der Waals surface area contributed by atoms with Crippen LogP contribution < -0.4 is 0 Å². The van der Waals surface area contributed by atoms with Gasteiger partial charge in [-0.15, -0.1) is 0 Å². The molecule has 0 amide bonds. The zero-order chi connectivity index (χ0) is 18.1. The van der Waals surface area contributed by atoms with Gasteiger partial charge < -0.3 is 4.40 Å². The van der Waals surface area contributed by atoms with E-state index in [4.69, 9.17) is 0 Å². The molecule has 0 radical (unpaired) electrons. The maximum Gasteiger partial charge on any atom is 0.0541 e. The molecule has 0 aliphatic heterocycles. The first-order chi connectivity index (χ1) is 13.4. The summed E-state index contributed by atoms with van der Waals surface area (Å²) in [6, 6.07) is 38.4. The summed E-state index contributed by atoms with van der Waals surface area (Å²) in [4.78, 5) is 0. The van der Waals surface area contributed by atoms with Gasteiger partial charge in [-0.1, -0.05) is 97.1 Å². The maximum atomic E-state index is 2.32. The van der Waals surface area contributed by atoms with Gasteiger partial charge in [0.05, 0.1) is 11.2 Å². The lowest BCUT2D eigenvalue weighted by molar-refractivity contribution is 1.21. The van der Waals surface area contributed by atoms with Gasteiger partial charge >= 0.3 is 0 Å². The SMILES string of the molecule is c1ccc(-c2cn3c(-c4ccccc4)cccc3c2-c2ccccc2)cc1. The van der Waals surface area contributed by atoms with E-state index in [0.29, 0.717) is 0 Å². The van der Waals surface area contributed by atoms with Crippen molar-refractivity contribution >= 4 is 5.52 Å². The summed E-state index contributed by atoms with van der Waals surface area (Å²) >= 11 is 0. The molecule has 3 aromatic carbocycles. The van der Waals surface area contributed by atoms with Crippen LogP contribution in [0.15, 0.2) is 115 Å². The van der Waals surface area contributed by atoms with Crippen LogP contribution >= 0.6 is 0 Å². The van der Waals surface area contributed by atoms with Crippen molar-refractivity contribution in [2.75, 3.05) is 0 Å². The smallest absolute Gasteiger partial charge is 0.0541 e. The number of pyridine rings is 1. The lowest BCUT2D eigenvalue weighted by Crippen LogP contribution is -1.89. The average molecular weight is 345 g/mol. The minimum atomic E-state index is 1.20. The standard InChI is InChI=1S/C26H19N/c1-4-11-20(12-5-1)23-19-27-24(21-13-6-2-7-14-21)17-10-18-25(27)26(23)22-15-8-3-9-16-22/h1-19H. The molecule has 1 nitrogen and oxygen atoms in total. The molecule has 0 atom stereocenters. The molecule has 1 heteroatoms. The predicted octanol–water partition coefficient (Wildman–Crippen LogP) is 6.94. The van der Waals surface area contributed by atoms with Gasteiger partial charge in [0.25, 0.3) is 0 Å². The van der Waals surface area contributed by atoms with E-state index in [1.165, 1.54) is 39.0 Å². The first kappa shape index (κ1) is 15.7. The number of fused-ring (bicyclic) bond motifs is 1. The zero-order valence-corrected chi connectivity index (χ0v) is 14.9. The number of hydrogen-bond acceptors (Lipinski definition) is 0. The van der Waals surface area contributed by atoms with E-state index in [0.717, 1.165) is 0 Å². The molecule has 0 bridgehead atoms. The molecule has 128 valence electrons. The molecule has 0 fully saturated rings. The van der Waals surface area contributed by atoms with E-state index in [1.807, 2.05) is 0 Å². The molecule has 0 N–H and O–H groups in total. The third-order valence-corrected chi connectivity index (χ3v) is 5.03. The molecule has 0 unspecified atom stereocenters. The lowest BCUT2D eigenvalue weighted by Gasteiger charge is -2.08. The minimum absolute atomic E-state index is 1.20. The highest BCUT2D eigenvalue weighted by Crippen LogP contribution is 2.38. The van der Waals surface area contributed by atoms with Gasteiger partial charge in [-0.2, -0.15) is 0 Å². The highest BCUT2D eigenvalue weighted by molar-refractivity contribution is 5.95. The molecule has 27 heavy (non-hydrogen) atoms. The van der Waals surface area contributed by atoms with Crippen LogP contribution in [0.2, 0.25) is 0 Å². The monoisotopic (exact) mass is 345 g/mol. The molecule has 2 heterocycles. The van der Waals surface area contributed by atoms with Gasteiger partial charge in [-0.05, 0) is 28.8 Å². The fraction of sp³-hybridized carbons (Fsp3) is 0. The molecule has 0 aliphatic rings. The molecular formula is C26H19N. The molecule has 5 rings (SSSR count). The van der Waals surface area contributed by atoms with Crippen molar-refractivity contribution in [1.82, 2.24) is 4.40 Å². The van der Waals surface area contributed by atoms with Crippen LogP contribution in [0.3, 0.4) is 0 Å². The Balaban J connectivity index is 1.86. The summed E-state index contributed by atoms with van der Waals surface area (Å²) in [5, 5.41) is 0. The summed E-state index contributed by atoms with van der Waals surface area (Å²) in [7, 11) is 0. The lowest BCUT2D eigenvalue weighted by atomic mass is 9.97. The van der Waals surface area contributed by atoms with E-state index in [1.54, 1.807) is 0 Å². The van der Waals surface area contributed by atoms with E-state index >= 15 is 0 Å². The summed E-state index contributed by atoms with van der Waals surface area (Å²) < 4.78 is 2.32. The Hall–Kier alpha value is -3.58. The van der Waals surface area contributed by atoms with Crippen LogP contribution in [0.25, 0.3) is 39.0 Å². The minimum Gasteiger partial charge on any atom is -0.315 e. The maximum absolute atomic E-state index is 2.32. The molecular weight excluding hydrogens is 326 g/mol. The summed E-state index contributed by atoms with van der Waals surface area (Å²) in [6.07, 6.45) is 2.27. The highest BCUT2D eigenvalue weighted by atomic mass is 14.9. The Morgan fingerprint density at radius 1 is 0.444 bits per heavy atom. The second kappa shape index (κ2) is 6.62. The summed E-state index contributed by atoms with van der Waals surface area (Å²) in [5.41, 5.74) is 8.65.